The van der Waals surface area contributed by atoms with Crippen LogP contribution in [0.15, 0.2) is 45.3 Å². The minimum atomic E-state index is -1.03. The van der Waals surface area contributed by atoms with Crippen molar-refractivity contribution in [1.29, 1.82) is 0 Å². The van der Waals surface area contributed by atoms with Crippen LogP contribution < -0.4 is 4.74 Å². The van der Waals surface area contributed by atoms with Gasteiger partial charge in [0.05, 0.1) is 7.11 Å². The molecule has 0 bridgehead atoms. The van der Waals surface area contributed by atoms with Crippen LogP contribution in [-0.4, -0.2) is 12.2 Å². The fraction of sp³-hybridized carbons (Fsp3) is 0.143. The lowest BCUT2D eigenvalue weighted by molar-refractivity contribution is 0.214. The number of methoxy groups -OCH3 is 1. The molecule has 0 fully saturated rings. The Hall–Kier alpha value is -0.910. The van der Waals surface area contributed by atoms with Crippen molar-refractivity contribution in [1.82, 2.24) is 0 Å². The maximum absolute atomic E-state index is 13.8. The highest BCUT2D eigenvalue weighted by Crippen LogP contribution is 2.33. The van der Waals surface area contributed by atoms with Crippen LogP contribution in [0.2, 0.25) is 0 Å². The monoisotopic (exact) mass is 388 g/mol. The smallest absolute Gasteiger partial charge is 0.130 e. The third-order valence-electron chi connectivity index (χ3n) is 2.76. The first-order chi connectivity index (χ1) is 9.02. The number of ether oxygens (including phenoxy) is 1. The summed E-state index contributed by atoms with van der Waals surface area (Å²) in [4.78, 5) is 0. The summed E-state index contributed by atoms with van der Waals surface area (Å²) in [6.07, 6.45) is -1.03. The van der Waals surface area contributed by atoms with Crippen molar-refractivity contribution in [2.24, 2.45) is 0 Å². The molecule has 5 heteroatoms. The molecule has 100 valence electrons. The van der Waals surface area contributed by atoms with Crippen molar-refractivity contribution in [2.45, 2.75) is 6.10 Å². The summed E-state index contributed by atoms with van der Waals surface area (Å²) in [5, 5.41) is 10.3. The van der Waals surface area contributed by atoms with Gasteiger partial charge in [0, 0.05) is 14.5 Å². The van der Waals surface area contributed by atoms with Crippen LogP contribution in [0.25, 0.3) is 0 Å². The average Bonchev–Trinajstić information content (AvgIpc) is 2.37. The molecule has 0 aromatic heterocycles. The third kappa shape index (κ3) is 3.16. The Morgan fingerprint density at radius 3 is 2.37 bits per heavy atom. The van der Waals surface area contributed by atoms with Gasteiger partial charge < -0.3 is 9.84 Å². The Balaban J connectivity index is 2.41. The molecule has 1 unspecified atom stereocenters. The second-order valence-electron chi connectivity index (χ2n) is 3.96. The fourth-order valence-electron chi connectivity index (χ4n) is 1.75. The van der Waals surface area contributed by atoms with Gasteiger partial charge in [-0.2, -0.15) is 0 Å². The molecule has 1 N–H and O–H groups in total. The second-order valence-corrected chi connectivity index (χ2v) is 5.73. The zero-order valence-corrected chi connectivity index (χ0v) is 13.2. The summed E-state index contributed by atoms with van der Waals surface area (Å²) in [5.41, 5.74) is 0.816. The van der Waals surface area contributed by atoms with Gasteiger partial charge in [0.2, 0.25) is 0 Å². The molecule has 2 aromatic carbocycles. The summed E-state index contributed by atoms with van der Waals surface area (Å²) >= 11 is 6.54. The van der Waals surface area contributed by atoms with Crippen molar-refractivity contribution in [3.8, 4) is 5.75 Å². The number of aliphatic hydroxyl groups is 1. The van der Waals surface area contributed by atoms with Gasteiger partial charge in [0.1, 0.15) is 17.7 Å². The number of hydrogen-bond acceptors (Lipinski definition) is 2. The van der Waals surface area contributed by atoms with Crippen molar-refractivity contribution >= 4 is 31.9 Å². The lowest BCUT2D eigenvalue weighted by atomic mass is 10.0. The number of benzene rings is 2. The molecule has 19 heavy (non-hydrogen) atoms. The highest BCUT2D eigenvalue weighted by Gasteiger charge is 2.18. The summed E-state index contributed by atoms with van der Waals surface area (Å²) in [6.45, 7) is 0. The van der Waals surface area contributed by atoms with Crippen molar-refractivity contribution in [2.75, 3.05) is 7.11 Å². The van der Waals surface area contributed by atoms with E-state index in [4.69, 9.17) is 4.74 Å². The van der Waals surface area contributed by atoms with Crippen LogP contribution in [0, 0.1) is 5.82 Å². The van der Waals surface area contributed by atoms with Crippen molar-refractivity contribution < 1.29 is 14.2 Å². The summed E-state index contributed by atoms with van der Waals surface area (Å²) < 4.78 is 20.2. The van der Waals surface area contributed by atoms with E-state index >= 15 is 0 Å². The first-order valence-corrected chi connectivity index (χ1v) is 7.08. The van der Waals surface area contributed by atoms with Gasteiger partial charge in [-0.3, -0.25) is 0 Å². The molecule has 2 aromatic rings. The largest absolute Gasteiger partial charge is 0.497 e. The quantitative estimate of drug-likeness (QED) is 0.840. The standard InChI is InChI=1S/C14H11Br2FO2/c1-19-9-3-5-10(12(16)7-9)14(18)11-4-2-8(15)6-13(11)17/h2-7,14,18H,1H3. The SMILES string of the molecule is COc1ccc(C(O)c2ccc(Br)cc2F)c(Br)c1. The molecule has 0 aliphatic carbocycles. The van der Waals surface area contributed by atoms with Gasteiger partial charge in [-0.15, -0.1) is 0 Å². The average molecular weight is 390 g/mol. The normalized spacial score (nSPS) is 12.3. The van der Waals surface area contributed by atoms with E-state index in [0.717, 1.165) is 0 Å². The molecule has 0 saturated heterocycles. The predicted octanol–water partition coefficient (Wildman–Crippen LogP) is 4.44. The predicted molar refractivity (Wildman–Crippen MR) is 78.9 cm³/mol. The molecule has 1 atom stereocenters. The molecule has 0 saturated carbocycles. The van der Waals surface area contributed by atoms with Crippen molar-refractivity contribution in [3.63, 3.8) is 0 Å². The summed E-state index contributed by atoms with van der Waals surface area (Å²) in [6, 6.07) is 9.74. The first kappa shape index (κ1) is 14.5. The van der Waals surface area contributed by atoms with E-state index in [1.165, 1.54) is 6.07 Å². The second kappa shape index (κ2) is 6.03. The van der Waals surface area contributed by atoms with Crippen LogP contribution in [0.5, 0.6) is 5.75 Å². The van der Waals surface area contributed by atoms with Crippen LogP contribution in [0.4, 0.5) is 4.39 Å². The Labute approximate surface area is 127 Å². The van der Waals surface area contributed by atoms with E-state index in [9.17, 15) is 9.50 Å². The van der Waals surface area contributed by atoms with Gasteiger partial charge in [-0.1, -0.05) is 44.0 Å². The Bertz CT molecular complexity index is 602. The Morgan fingerprint density at radius 1 is 1.11 bits per heavy atom. The topological polar surface area (TPSA) is 29.5 Å². The molecule has 0 heterocycles. The third-order valence-corrected chi connectivity index (χ3v) is 3.94. The van der Waals surface area contributed by atoms with Crippen molar-refractivity contribution in [3.05, 3.63) is 62.3 Å². The van der Waals surface area contributed by atoms with Crippen LogP contribution in [-0.2, 0) is 0 Å². The maximum Gasteiger partial charge on any atom is 0.130 e. The van der Waals surface area contributed by atoms with Gasteiger partial charge in [-0.25, -0.2) is 4.39 Å². The van der Waals surface area contributed by atoms with E-state index in [-0.39, 0.29) is 5.56 Å². The minimum Gasteiger partial charge on any atom is -0.497 e. The van der Waals surface area contributed by atoms with Gasteiger partial charge in [-0.05, 0) is 29.8 Å². The van der Waals surface area contributed by atoms with Gasteiger partial charge in [0.15, 0.2) is 0 Å². The van der Waals surface area contributed by atoms with E-state index < -0.39 is 11.9 Å². The van der Waals surface area contributed by atoms with Crippen LogP contribution in [0.1, 0.15) is 17.2 Å². The lowest BCUT2D eigenvalue weighted by Gasteiger charge is -2.15. The molecule has 0 radical (unpaired) electrons. The Morgan fingerprint density at radius 2 is 1.79 bits per heavy atom. The molecule has 2 rings (SSSR count). The van der Waals surface area contributed by atoms with Crippen LogP contribution in [0.3, 0.4) is 0 Å². The molecule has 2 nitrogen and oxygen atoms in total. The first-order valence-electron chi connectivity index (χ1n) is 5.49. The highest BCUT2D eigenvalue weighted by atomic mass is 79.9. The molecule has 0 aliphatic rings. The number of aliphatic hydroxyl groups excluding tert-OH is 1. The van der Waals surface area contributed by atoms with E-state index in [1.807, 2.05) is 0 Å². The number of hydrogen-bond donors (Lipinski definition) is 1. The molecule has 0 spiro atoms. The van der Waals surface area contributed by atoms with Crippen LogP contribution >= 0.6 is 31.9 Å². The number of rotatable bonds is 3. The molecular formula is C14H11Br2FO2. The molecule has 0 aliphatic heterocycles. The van der Waals surface area contributed by atoms with E-state index in [2.05, 4.69) is 31.9 Å². The highest BCUT2D eigenvalue weighted by molar-refractivity contribution is 9.10. The molecule has 0 amide bonds. The van der Waals surface area contributed by atoms with E-state index in [1.54, 1.807) is 37.4 Å². The lowest BCUT2D eigenvalue weighted by Crippen LogP contribution is -2.03. The van der Waals surface area contributed by atoms with Gasteiger partial charge in [0.25, 0.3) is 0 Å². The summed E-state index contributed by atoms with van der Waals surface area (Å²) in [5.74, 6) is 0.212. The van der Waals surface area contributed by atoms with E-state index in [0.29, 0.717) is 20.3 Å². The zero-order chi connectivity index (χ0) is 14.0. The minimum absolute atomic E-state index is 0.231. The zero-order valence-electron chi connectivity index (χ0n) is 10.0. The summed E-state index contributed by atoms with van der Waals surface area (Å²) in [7, 11) is 1.56. The Kier molecular flexibility index (Phi) is 4.60. The fourth-order valence-corrected chi connectivity index (χ4v) is 2.66. The van der Waals surface area contributed by atoms with Gasteiger partial charge >= 0.3 is 0 Å². The number of halogens is 3. The molecular weight excluding hydrogens is 379 g/mol. The maximum atomic E-state index is 13.8.